The monoisotopic (exact) mass is 871 g/mol. The second-order valence-corrected chi connectivity index (χ2v) is 18.1. The van der Waals surface area contributed by atoms with Crippen LogP contribution in [0.2, 0.25) is 0 Å². The maximum atomic E-state index is 12.8. The van der Waals surface area contributed by atoms with E-state index in [1.807, 2.05) is 0 Å². The van der Waals surface area contributed by atoms with Crippen molar-refractivity contribution in [1.29, 1.82) is 0 Å². The summed E-state index contributed by atoms with van der Waals surface area (Å²) in [5.74, 6) is -0.870. The molecule has 0 bridgehead atoms. The Bertz CT molecular complexity index is 1050. The lowest BCUT2D eigenvalue weighted by atomic mass is 10.0. The molecule has 0 radical (unpaired) electrons. The number of hydrogen-bond donors (Lipinski definition) is 0. The molecule has 0 aromatic carbocycles. The molecule has 0 amide bonds. The number of rotatable bonds is 49. The van der Waals surface area contributed by atoms with Crippen LogP contribution in [0.4, 0.5) is 0 Å². The number of allylic oxidation sites excluding steroid dienone is 6. The van der Waals surface area contributed by atoms with Gasteiger partial charge in [-0.2, -0.15) is 0 Å². The molecule has 0 saturated heterocycles. The van der Waals surface area contributed by atoms with Gasteiger partial charge < -0.3 is 14.2 Å². The summed E-state index contributed by atoms with van der Waals surface area (Å²) in [6.45, 7) is 6.55. The molecule has 0 saturated carbocycles. The molecule has 1 unspecified atom stereocenters. The number of unbranched alkanes of at least 4 members (excludes halogenated alkanes) is 32. The predicted octanol–water partition coefficient (Wildman–Crippen LogP) is 17.7. The van der Waals surface area contributed by atoms with Crippen LogP contribution in [0, 0.1) is 0 Å². The van der Waals surface area contributed by atoms with E-state index in [0.29, 0.717) is 19.3 Å². The summed E-state index contributed by atoms with van der Waals surface area (Å²) in [6, 6.07) is 0. The third kappa shape index (κ3) is 48.7. The van der Waals surface area contributed by atoms with Crippen LogP contribution in [0.25, 0.3) is 0 Å². The first-order valence-corrected chi connectivity index (χ1v) is 27.0. The maximum absolute atomic E-state index is 12.8. The van der Waals surface area contributed by atoms with Gasteiger partial charge >= 0.3 is 17.9 Å². The Morgan fingerprint density at radius 3 is 0.984 bits per heavy atom. The maximum Gasteiger partial charge on any atom is 0.306 e. The third-order valence-corrected chi connectivity index (χ3v) is 11.9. The number of carbonyl (C=O) groups is 3. The highest BCUT2D eigenvalue weighted by Gasteiger charge is 2.19. The topological polar surface area (TPSA) is 78.9 Å². The largest absolute Gasteiger partial charge is 0.462 e. The molecule has 0 aliphatic heterocycles. The van der Waals surface area contributed by atoms with E-state index >= 15 is 0 Å². The van der Waals surface area contributed by atoms with E-state index in [4.69, 9.17) is 14.2 Å². The zero-order valence-corrected chi connectivity index (χ0v) is 41.4. The second kappa shape index (κ2) is 51.3. The predicted molar refractivity (Wildman–Crippen MR) is 266 cm³/mol. The van der Waals surface area contributed by atoms with Crippen LogP contribution in [-0.2, 0) is 28.6 Å². The number of hydrogen-bond acceptors (Lipinski definition) is 6. The lowest BCUT2D eigenvalue weighted by molar-refractivity contribution is -0.167. The fourth-order valence-electron chi connectivity index (χ4n) is 7.87. The molecule has 0 heterocycles. The van der Waals surface area contributed by atoms with Crippen molar-refractivity contribution in [3.8, 4) is 0 Å². The molecule has 6 nitrogen and oxygen atoms in total. The van der Waals surface area contributed by atoms with Crippen molar-refractivity contribution in [2.24, 2.45) is 0 Å². The van der Waals surface area contributed by atoms with E-state index in [9.17, 15) is 14.4 Å². The number of carbonyl (C=O) groups excluding carboxylic acids is 3. The summed E-state index contributed by atoms with van der Waals surface area (Å²) in [5.41, 5.74) is 0. The van der Waals surface area contributed by atoms with Crippen LogP contribution in [-0.4, -0.2) is 37.2 Å². The van der Waals surface area contributed by atoms with Crippen molar-refractivity contribution in [2.45, 2.75) is 290 Å². The van der Waals surface area contributed by atoms with Crippen molar-refractivity contribution < 1.29 is 28.6 Å². The van der Waals surface area contributed by atoms with Gasteiger partial charge in [-0.15, -0.1) is 0 Å². The molecule has 0 aliphatic carbocycles. The molecule has 362 valence electrons. The van der Waals surface area contributed by atoms with E-state index in [0.717, 1.165) is 83.5 Å². The zero-order chi connectivity index (χ0) is 45.1. The van der Waals surface area contributed by atoms with Crippen molar-refractivity contribution in [3.05, 3.63) is 36.5 Å². The molecular formula is C56H102O6. The minimum Gasteiger partial charge on any atom is -0.462 e. The Labute approximate surface area is 385 Å². The Morgan fingerprint density at radius 2 is 0.629 bits per heavy atom. The Kier molecular flexibility index (Phi) is 49.3. The van der Waals surface area contributed by atoms with Crippen molar-refractivity contribution in [1.82, 2.24) is 0 Å². The van der Waals surface area contributed by atoms with Gasteiger partial charge in [0.2, 0.25) is 0 Å². The van der Waals surface area contributed by atoms with Crippen LogP contribution < -0.4 is 0 Å². The first kappa shape index (κ1) is 59.6. The lowest BCUT2D eigenvalue weighted by Crippen LogP contribution is -2.30. The molecule has 62 heavy (non-hydrogen) atoms. The molecule has 0 fully saturated rings. The van der Waals surface area contributed by atoms with Gasteiger partial charge in [0.1, 0.15) is 13.2 Å². The molecule has 6 heteroatoms. The smallest absolute Gasteiger partial charge is 0.306 e. The highest BCUT2D eigenvalue weighted by molar-refractivity contribution is 5.71. The second-order valence-electron chi connectivity index (χ2n) is 18.1. The minimum absolute atomic E-state index is 0.0717. The van der Waals surface area contributed by atoms with Crippen LogP contribution in [0.5, 0.6) is 0 Å². The molecule has 0 spiro atoms. The summed E-state index contributed by atoms with van der Waals surface area (Å²) in [4.78, 5) is 38.0. The summed E-state index contributed by atoms with van der Waals surface area (Å²) >= 11 is 0. The first-order chi connectivity index (χ1) is 30.5. The first-order valence-electron chi connectivity index (χ1n) is 27.0. The molecule has 0 aromatic heterocycles. The van der Waals surface area contributed by atoms with E-state index in [-0.39, 0.29) is 31.1 Å². The van der Waals surface area contributed by atoms with Gasteiger partial charge in [-0.05, 0) is 51.4 Å². The van der Waals surface area contributed by atoms with Gasteiger partial charge in [0.05, 0.1) is 0 Å². The van der Waals surface area contributed by atoms with Crippen LogP contribution >= 0.6 is 0 Å². The Hall–Kier alpha value is -2.37. The van der Waals surface area contributed by atoms with E-state index in [1.54, 1.807) is 0 Å². The fourth-order valence-corrected chi connectivity index (χ4v) is 7.87. The summed E-state index contributed by atoms with van der Waals surface area (Å²) in [5, 5.41) is 0. The summed E-state index contributed by atoms with van der Waals surface area (Å²) in [6.07, 6.45) is 59.8. The third-order valence-electron chi connectivity index (χ3n) is 11.9. The van der Waals surface area contributed by atoms with Crippen LogP contribution in [0.15, 0.2) is 36.5 Å². The Morgan fingerprint density at radius 1 is 0.339 bits per heavy atom. The summed E-state index contributed by atoms with van der Waals surface area (Å²) in [7, 11) is 0. The normalized spacial score (nSPS) is 12.2. The van der Waals surface area contributed by atoms with Gasteiger partial charge in [0.25, 0.3) is 0 Å². The van der Waals surface area contributed by atoms with Crippen molar-refractivity contribution in [3.63, 3.8) is 0 Å². The number of esters is 3. The van der Waals surface area contributed by atoms with Gasteiger partial charge in [0, 0.05) is 19.3 Å². The molecule has 0 aromatic rings. The van der Waals surface area contributed by atoms with Gasteiger partial charge in [-0.25, -0.2) is 0 Å². The fraction of sp³-hybridized carbons (Fsp3) is 0.839. The molecule has 0 N–H and O–H groups in total. The van der Waals surface area contributed by atoms with Gasteiger partial charge in [-0.1, -0.05) is 250 Å². The molecule has 0 rings (SSSR count). The lowest BCUT2D eigenvalue weighted by Gasteiger charge is -2.18. The van der Waals surface area contributed by atoms with E-state index < -0.39 is 6.10 Å². The molecule has 0 aliphatic rings. The number of ether oxygens (including phenoxy) is 3. The minimum atomic E-state index is -0.772. The average molecular weight is 871 g/mol. The SMILES string of the molecule is CC/C=C\C/C=C\C/C=C\CCCCCCCCC(=O)OCC(COC(=O)CCCCCCCCCCCCCCCC)OC(=O)CCCCCCCCCCCCCCCC. The standard InChI is InChI=1S/C56H102O6/c1-4-7-10-13-16-19-22-25-28-29-32-34-37-40-43-46-49-55(58)61-52-53(62-56(59)50-47-44-41-38-35-31-27-24-21-18-15-12-9-6-3)51-60-54(57)48-45-42-39-36-33-30-26-23-20-17-14-11-8-5-2/h7,10,16,19,25,28,53H,4-6,8-9,11-15,17-18,20-24,26-27,29-52H2,1-3H3/b10-7-,19-16-,28-25-. The van der Waals surface area contributed by atoms with Gasteiger partial charge in [0.15, 0.2) is 6.10 Å². The van der Waals surface area contributed by atoms with E-state index in [1.165, 1.54) is 161 Å². The molecular weight excluding hydrogens is 769 g/mol. The average Bonchev–Trinajstić information content (AvgIpc) is 3.27. The van der Waals surface area contributed by atoms with Crippen LogP contribution in [0.1, 0.15) is 284 Å². The van der Waals surface area contributed by atoms with E-state index in [2.05, 4.69) is 57.2 Å². The van der Waals surface area contributed by atoms with Crippen molar-refractivity contribution in [2.75, 3.05) is 13.2 Å². The van der Waals surface area contributed by atoms with Gasteiger partial charge in [-0.3, -0.25) is 14.4 Å². The molecule has 1 atom stereocenters. The van der Waals surface area contributed by atoms with Crippen molar-refractivity contribution >= 4 is 17.9 Å². The highest BCUT2D eigenvalue weighted by atomic mass is 16.6. The quantitative estimate of drug-likeness (QED) is 0.0262. The summed E-state index contributed by atoms with van der Waals surface area (Å²) < 4.78 is 16.8. The highest BCUT2D eigenvalue weighted by Crippen LogP contribution is 2.16. The van der Waals surface area contributed by atoms with Crippen LogP contribution in [0.3, 0.4) is 0 Å². The zero-order valence-electron chi connectivity index (χ0n) is 41.4. The Balaban J connectivity index is 4.36.